The van der Waals surface area contributed by atoms with Crippen molar-refractivity contribution in [3.63, 3.8) is 0 Å². The van der Waals surface area contributed by atoms with Crippen LogP contribution in [0.5, 0.6) is 0 Å². The predicted octanol–water partition coefficient (Wildman–Crippen LogP) is 1.83. The lowest BCUT2D eigenvalue weighted by Gasteiger charge is -2.23. The lowest BCUT2D eigenvalue weighted by atomic mass is 10.2. The maximum Gasteiger partial charge on any atom is 0.243 e. The van der Waals surface area contributed by atoms with Gasteiger partial charge in [-0.3, -0.25) is 0 Å². The third-order valence-corrected chi connectivity index (χ3v) is 4.44. The zero-order valence-corrected chi connectivity index (χ0v) is 12.0. The van der Waals surface area contributed by atoms with Gasteiger partial charge >= 0.3 is 0 Å². The number of benzene rings is 1. The molecule has 2 N–H and O–H groups in total. The van der Waals surface area contributed by atoms with Gasteiger partial charge in [-0.1, -0.05) is 13.8 Å². The minimum absolute atomic E-state index is 0.181. The molecule has 0 bridgehead atoms. The molecule has 1 aromatic rings. The molecular formula is C13H19N3O2S. The summed E-state index contributed by atoms with van der Waals surface area (Å²) in [5.74, 6) is 0.197. The number of rotatable bonds is 6. The quantitative estimate of drug-likeness (QED) is 0.806. The highest BCUT2D eigenvalue weighted by molar-refractivity contribution is 7.89. The topological polar surface area (TPSA) is 87.2 Å². The number of hydrogen-bond donors (Lipinski definition) is 1. The van der Waals surface area contributed by atoms with Crippen LogP contribution in [0.2, 0.25) is 0 Å². The summed E-state index contributed by atoms with van der Waals surface area (Å²) in [5, 5.41) is 8.63. The van der Waals surface area contributed by atoms with Crippen LogP contribution in [0.4, 0.5) is 5.69 Å². The molecule has 1 aromatic carbocycles. The molecule has 6 heteroatoms. The van der Waals surface area contributed by atoms with E-state index in [1.807, 2.05) is 19.9 Å². The molecule has 0 saturated heterocycles. The largest absolute Gasteiger partial charge is 0.399 e. The van der Waals surface area contributed by atoms with E-state index in [4.69, 9.17) is 11.0 Å². The molecule has 5 nitrogen and oxygen atoms in total. The van der Waals surface area contributed by atoms with Crippen LogP contribution >= 0.6 is 0 Å². The van der Waals surface area contributed by atoms with Gasteiger partial charge < -0.3 is 5.73 Å². The molecule has 1 rings (SSSR count). The van der Waals surface area contributed by atoms with Gasteiger partial charge in [-0.15, -0.1) is 0 Å². The molecule has 0 atom stereocenters. The van der Waals surface area contributed by atoms with E-state index in [0.717, 1.165) is 0 Å². The van der Waals surface area contributed by atoms with Gasteiger partial charge in [0, 0.05) is 25.2 Å². The van der Waals surface area contributed by atoms with Crippen LogP contribution < -0.4 is 5.73 Å². The lowest BCUT2D eigenvalue weighted by molar-refractivity contribution is 0.373. The van der Waals surface area contributed by atoms with E-state index in [1.165, 1.54) is 16.4 Å². The fourth-order valence-corrected chi connectivity index (χ4v) is 3.28. The summed E-state index contributed by atoms with van der Waals surface area (Å²) in [6.07, 6.45) is 0.181. The van der Waals surface area contributed by atoms with Gasteiger partial charge in [-0.25, -0.2) is 8.42 Å². The second-order valence-electron chi connectivity index (χ2n) is 4.73. The zero-order valence-electron chi connectivity index (χ0n) is 11.2. The molecule has 0 unspecified atom stereocenters. The maximum atomic E-state index is 12.5. The summed E-state index contributed by atoms with van der Waals surface area (Å²) in [7, 11) is -3.56. The van der Waals surface area contributed by atoms with Crippen LogP contribution in [-0.2, 0) is 10.0 Å². The second kappa shape index (κ2) is 6.55. The van der Waals surface area contributed by atoms with E-state index in [1.54, 1.807) is 12.1 Å². The van der Waals surface area contributed by atoms with Crippen LogP contribution in [0.3, 0.4) is 0 Å². The minimum atomic E-state index is -3.56. The smallest absolute Gasteiger partial charge is 0.243 e. The molecule has 0 aliphatic heterocycles. The number of nitriles is 1. The third-order valence-electron chi connectivity index (χ3n) is 2.56. The normalized spacial score (nSPS) is 11.7. The molecule has 0 amide bonds. The Morgan fingerprint density at radius 3 is 2.37 bits per heavy atom. The monoisotopic (exact) mass is 281 g/mol. The average molecular weight is 281 g/mol. The summed E-state index contributed by atoms with van der Waals surface area (Å²) in [6.45, 7) is 4.49. The van der Waals surface area contributed by atoms with Gasteiger partial charge in [0.1, 0.15) is 0 Å². The Hall–Kier alpha value is -1.58. The van der Waals surface area contributed by atoms with E-state index in [9.17, 15) is 8.42 Å². The zero-order chi connectivity index (χ0) is 14.5. The van der Waals surface area contributed by atoms with E-state index < -0.39 is 10.0 Å². The molecule has 0 aliphatic carbocycles. The Labute approximate surface area is 114 Å². The molecule has 0 aromatic heterocycles. The van der Waals surface area contributed by atoms with Crippen LogP contribution in [0.15, 0.2) is 29.2 Å². The molecular weight excluding hydrogens is 262 g/mol. The first-order valence-electron chi connectivity index (χ1n) is 6.10. The Morgan fingerprint density at radius 2 is 1.89 bits per heavy atom. The first-order chi connectivity index (χ1) is 8.87. The number of sulfonamides is 1. The average Bonchev–Trinajstić information content (AvgIpc) is 2.34. The van der Waals surface area contributed by atoms with Crippen molar-refractivity contribution in [1.29, 1.82) is 5.26 Å². The molecule has 0 saturated carbocycles. The van der Waals surface area contributed by atoms with Gasteiger partial charge in [-0.05, 0) is 30.2 Å². The molecule has 0 radical (unpaired) electrons. The maximum absolute atomic E-state index is 12.5. The van der Waals surface area contributed by atoms with Crippen LogP contribution in [-0.4, -0.2) is 25.8 Å². The molecule has 0 spiro atoms. The standard InChI is InChI=1S/C13H19N3O2S/c1-11(2)10-16(9-3-8-14)19(17,18)13-6-4-12(15)5-7-13/h4-7,11H,3,9-10,15H2,1-2H3. The predicted molar refractivity (Wildman–Crippen MR) is 74.7 cm³/mol. The van der Waals surface area contributed by atoms with Crippen molar-refractivity contribution in [1.82, 2.24) is 4.31 Å². The fourth-order valence-electron chi connectivity index (χ4n) is 1.68. The van der Waals surface area contributed by atoms with Gasteiger partial charge in [0.2, 0.25) is 10.0 Å². The third kappa shape index (κ3) is 4.23. The molecule has 19 heavy (non-hydrogen) atoms. The van der Waals surface area contributed by atoms with Crippen molar-refractivity contribution in [3.05, 3.63) is 24.3 Å². The molecule has 0 aliphatic rings. The number of nitrogens with zero attached hydrogens (tertiary/aromatic N) is 2. The van der Waals surface area contributed by atoms with E-state index in [0.29, 0.717) is 12.2 Å². The summed E-state index contributed by atoms with van der Waals surface area (Å²) in [5.41, 5.74) is 6.08. The van der Waals surface area contributed by atoms with Crippen molar-refractivity contribution in [2.24, 2.45) is 5.92 Å². The van der Waals surface area contributed by atoms with Crippen LogP contribution in [0.1, 0.15) is 20.3 Å². The van der Waals surface area contributed by atoms with Gasteiger partial charge in [0.15, 0.2) is 0 Å². The Bertz CT molecular complexity index is 544. The van der Waals surface area contributed by atoms with Crippen molar-refractivity contribution in [2.45, 2.75) is 25.2 Å². The van der Waals surface area contributed by atoms with Crippen molar-refractivity contribution in [3.8, 4) is 6.07 Å². The number of anilines is 1. The highest BCUT2D eigenvalue weighted by atomic mass is 32.2. The van der Waals surface area contributed by atoms with E-state index in [-0.39, 0.29) is 23.8 Å². The summed E-state index contributed by atoms with van der Waals surface area (Å²) < 4.78 is 26.3. The number of hydrogen-bond acceptors (Lipinski definition) is 4. The Morgan fingerprint density at radius 1 is 1.32 bits per heavy atom. The van der Waals surface area contributed by atoms with Crippen molar-refractivity contribution >= 4 is 15.7 Å². The summed E-state index contributed by atoms with van der Waals surface area (Å²) in [6, 6.07) is 8.08. The molecule has 0 heterocycles. The number of nitrogen functional groups attached to an aromatic ring is 1. The minimum Gasteiger partial charge on any atom is -0.399 e. The van der Waals surface area contributed by atoms with E-state index in [2.05, 4.69) is 0 Å². The highest BCUT2D eigenvalue weighted by Gasteiger charge is 2.24. The number of nitrogens with two attached hydrogens (primary N) is 1. The second-order valence-corrected chi connectivity index (χ2v) is 6.67. The fraction of sp³-hybridized carbons (Fsp3) is 0.462. The van der Waals surface area contributed by atoms with Crippen LogP contribution in [0, 0.1) is 17.2 Å². The molecule has 0 fully saturated rings. The van der Waals surface area contributed by atoms with E-state index >= 15 is 0 Å². The van der Waals surface area contributed by atoms with Crippen molar-refractivity contribution < 1.29 is 8.42 Å². The van der Waals surface area contributed by atoms with Crippen molar-refractivity contribution in [2.75, 3.05) is 18.8 Å². The van der Waals surface area contributed by atoms with Gasteiger partial charge in [-0.2, -0.15) is 9.57 Å². The first kappa shape index (κ1) is 15.5. The molecule has 104 valence electrons. The SMILES string of the molecule is CC(C)CN(CCC#N)S(=O)(=O)c1ccc(N)cc1. The summed E-state index contributed by atoms with van der Waals surface area (Å²) in [4.78, 5) is 0.209. The first-order valence-corrected chi connectivity index (χ1v) is 7.54. The lowest BCUT2D eigenvalue weighted by Crippen LogP contribution is -2.35. The Balaban J connectivity index is 3.04. The highest BCUT2D eigenvalue weighted by Crippen LogP contribution is 2.18. The summed E-state index contributed by atoms with van der Waals surface area (Å²) >= 11 is 0. The Kier molecular flexibility index (Phi) is 5.33. The van der Waals surface area contributed by atoms with Gasteiger partial charge in [0.05, 0.1) is 11.0 Å². The van der Waals surface area contributed by atoms with Crippen LogP contribution in [0.25, 0.3) is 0 Å². The van der Waals surface area contributed by atoms with Gasteiger partial charge in [0.25, 0.3) is 0 Å².